The molecule has 12 heavy (non-hydrogen) atoms. The van der Waals surface area contributed by atoms with Gasteiger partial charge >= 0.3 is 0 Å². The molecular formula is C9H20N2S. The molecule has 0 aliphatic heterocycles. The number of aliphatic imine (C=N–C) groups is 2. The molecule has 0 spiro atoms. The van der Waals surface area contributed by atoms with Gasteiger partial charge in [-0.2, -0.15) is 0 Å². The molecule has 3 heteroatoms. The van der Waals surface area contributed by atoms with Crippen LogP contribution in [0.5, 0.6) is 0 Å². The molecule has 0 radical (unpaired) electrons. The van der Waals surface area contributed by atoms with Gasteiger partial charge in [-0.1, -0.05) is 39.5 Å². The molecule has 0 aliphatic rings. The lowest BCUT2D eigenvalue weighted by molar-refractivity contribution is 0.934. The molecule has 72 valence electrons. The third-order valence-corrected chi connectivity index (χ3v) is 1.68. The normalized spacial score (nSPS) is 10.2. The van der Waals surface area contributed by atoms with Gasteiger partial charge in [-0.3, -0.25) is 4.99 Å². The minimum atomic E-state index is 0.823. The average molecular weight is 188 g/mol. The van der Waals surface area contributed by atoms with E-state index < -0.39 is 0 Å². The highest BCUT2D eigenvalue weighted by Crippen LogP contribution is 2.03. The molecular weight excluding hydrogens is 168 g/mol. The number of hydrogen-bond donors (Lipinski definition) is 0. The van der Waals surface area contributed by atoms with Crippen LogP contribution in [0.15, 0.2) is 9.98 Å². The number of amidine groups is 1. The fourth-order valence-corrected chi connectivity index (χ4v) is 1.01. The number of nitrogens with zero attached hydrogens (tertiary/aromatic N) is 2. The molecule has 2 nitrogen and oxygen atoms in total. The predicted molar refractivity (Wildman–Crippen MR) is 61.6 cm³/mol. The molecule has 0 N–H and O–H groups in total. The quantitative estimate of drug-likeness (QED) is 0.493. The lowest BCUT2D eigenvalue weighted by Gasteiger charge is -1.94. The second-order valence-electron chi connectivity index (χ2n) is 1.76. The first-order valence-corrected chi connectivity index (χ1v) is 5.47. The van der Waals surface area contributed by atoms with Gasteiger partial charge in [0.15, 0.2) is 5.17 Å². The Labute approximate surface area is 80.6 Å². The molecule has 0 unspecified atom stereocenters. The average Bonchev–Trinajstić information content (AvgIpc) is 2.15. The van der Waals surface area contributed by atoms with Crippen molar-refractivity contribution in [3.05, 3.63) is 0 Å². The van der Waals surface area contributed by atoms with E-state index in [9.17, 15) is 0 Å². The summed E-state index contributed by atoms with van der Waals surface area (Å²) in [5, 5.41) is 0.823. The first kappa shape index (κ1) is 14.2. The monoisotopic (exact) mass is 188 g/mol. The van der Waals surface area contributed by atoms with Crippen LogP contribution in [0.4, 0.5) is 0 Å². The zero-order valence-corrected chi connectivity index (χ0v) is 9.45. The summed E-state index contributed by atoms with van der Waals surface area (Å²) in [4.78, 5) is 7.98. The van der Waals surface area contributed by atoms with Gasteiger partial charge in [0.05, 0.1) is 0 Å². The Balaban J connectivity index is 0. The maximum absolute atomic E-state index is 4.20. The van der Waals surface area contributed by atoms with Gasteiger partial charge in [-0.05, 0) is 18.9 Å². The van der Waals surface area contributed by atoms with Crippen molar-refractivity contribution in [1.82, 2.24) is 0 Å². The van der Waals surface area contributed by atoms with Gasteiger partial charge in [0.25, 0.3) is 0 Å². The van der Waals surface area contributed by atoms with Crippen molar-refractivity contribution in [3.8, 4) is 0 Å². The first-order chi connectivity index (χ1) is 5.85. The van der Waals surface area contributed by atoms with Crippen LogP contribution < -0.4 is 0 Å². The van der Waals surface area contributed by atoms with E-state index in [1.54, 1.807) is 11.8 Å². The van der Waals surface area contributed by atoms with Gasteiger partial charge in [-0.25, -0.2) is 4.99 Å². The Bertz CT molecular complexity index is 122. The van der Waals surface area contributed by atoms with Crippen LogP contribution in [0.1, 0.15) is 34.1 Å². The maximum atomic E-state index is 4.20. The number of hydrogen-bond acceptors (Lipinski definition) is 2. The summed E-state index contributed by atoms with van der Waals surface area (Å²) < 4.78 is 0. The summed E-state index contributed by atoms with van der Waals surface area (Å²) in [7, 11) is 0. The van der Waals surface area contributed by atoms with Crippen LogP contribution in [0, 0.1) is 0 Å². The van der Waals surface area contributed by atoms with Crippen molar-refractivity contribution < 1.29 is 0 Å². The molecule has 0 fully saturated rings. The smallest absolute Gasteiger partial charge is 0.182 e. The third-order valence-electron chi connectivity index (χ3n) is 0.879. The van der Waals surface area contributed by atoms with Crippen molar-refractivity contribution in [1.29, 1.82) is 0 Å². The predicted octanol–water partition coefficient (Wildman–Crippen LogP) is 3.23. The van der Waals surface area contributed by atoms with Crippen LogP contribution in [0.3, 0.4) is 0 Å². The molecule has 0 rings (SSSR count). The summed E-state index contributed by atoms with van der Waals surface area (Å²) in [5.41, 5.74) is 0. The topological polar surface area (TPSA) is 24.7 Å². The molecule has 0 aromatic rings. The Hall–Kier alpha value is -0.310. The molecule has 0 aromatic heterocycles. The zero-order valence-electron chi connectivity index (χ0n) is 8.63. The first-order valence-electron chi connectivity index (χ1n) is 4.49. The van der Waals surface area contributed by atoms with Crippen molar-refractivity contribution in [2.75, 3.05) is 12.3 Å². The zero-order chi connectivity index (χ0) is 9.82. The summed E-state index contributed by atoms with van der Waals surface area (Å²) in [5.74, 6) is 1.02. The molecule has 0 aliphatic carbocycles. The van der Waals surface area contributed by atoms with E-state index in [0.717, 1.165) is 23.9 Å². The van der Waals surface area contributed by atoms with E-state index in [1.165, 1.54) is 0 Å². The maximum Gasteiger partial charge on any atom is 0.182 e. The SMILES string of the molecule is C=NC(=NCCC)SCC.CC. The minimum absolute atomic E-state index is 0.823. The molecule has 0 atom stereocenters. The molecule has 0 saturated carbocycles. The molecule has 0 saturated heterocycles. The van der Waals surface area contributed by atoms with Gasteiger partial charge in [-0.15, -0.1) is 0 Å². The highest BCUT2D eigenvalue weighted by Gasteiger charge is 1.90. The largest absolute Gasteiger partial charge is 0.261 e. The van der Waals surface area contributed by atoms with Crippen LogP contribution in [-0.4, -0.2) is 24.2 Å². The second kappa shape index (κ2) is 13.3. The number of thioether (sulfide) groups is 1. The van der Waals surface area contributed by atoms with E-state index in [2.05, 4.69) is 30.5 Å². The van der Waals surface area contributed by atoms with E-state index >= 15 is 0 Å². The Morgan fingerprint density at radius 2 is 1.92 bits per heavy atom. The van der Waals surface area contributed by atoms with E-state index in [0.29, 0.717) is 0 Å². The van der Waals surface area contributed by atoms with Gasteiger partial charge in [0.2, 0.25) is 0 Å². The Morgan fingerprint density at radius 3 is 2.25 bits per heavy atom. The van der Waals surface area contributed by atoms with Crippen LogP contribution in [0.2, 0.25) is 0 Å². The highest BCUT2D eigenvalue weighted by atomic mass is 32.2. The van der Waals surface area contributed by atoms with Crippen LogP contribution in [0.25, 0.3) is 0 Å². The lowest BCUT2D eigenvalue weighted by Crippen LogP contribution is -1.89. The highest BCUT2D eigenvalue weighted by molar-refractivity contribution is 8.13. The van der Waals surface area contributed by atoms with Gasteiger partial charge < -0.3 is 0 Å². The van der Waals surface area contributed by atoms with Crippen molar-refractivity contribution >= 4 is 23.6 Å². The summed E-state index contributed by atoms with van der Waals surface area (Å²) in [6.45, 7) is 12.5. The van der Waals surface area contributed by atoms with Crippen LogP contribution in [-0.2, 0) is 0 Å². The molecule has 0 heterocycles. The van der Waals surface area contributed by atoms with E-state index in [-0.39, 0.29) is 0 Å². The van der Waals surface area contributed by atoms with Crippen molar-refractivity contribution in [3.63, 3.8) is 0 Å². The second-order valence-corrected chi connectivity index (χ2v) is 2.99. The van der Waals surface area contributed by atoms with Crippen molar-refractivity contribution in [2.45, 2.75) is 34.1 Å². The fourth-order valence-electron chi connectivity index (χ4n) is 0.478. The summed E-state index contributed by atoms with van der Waals surface area (Å²) in [6, 6.07) is 0. The lowest BCUT2D eigenvalue weighted by atomic mass is 10.5. The van der Waals surface area contributed by atoms with Crippen LogP contribution >= 0.6 is 11.8 Å². The van der Waals surface area contributed by atoms with E-state index in [4.69, 9.17) is 0 Å². The van der Waals surface area contributed by atoms with Gasteiger partial charge in [0, 0.05) is 6.54 Å². The minimum Gasteiger partial charge on any atom is -0.261 e. The molecule has 0 bridgehead atoms. The fraction of sp³-hybridized carbons (Fsp3) is 0.778. The van der Waals surface area contributed by atoms with Crippen molar-refractivity contribution in [2.24, 2.45) is 9.98 Å². The molecule has 0 aromatic carbocycles. The Morgan fingerprint density at radius 1 is 1.33 bits per heavy atom. The molecule has 0 amide bonds. The third kappa shape index (κ3) is 9.69. The standard InChI is InChI=1S/C7H14N2S.C2H6/c1-4-6-9-7(8-3)10-5-2;1-2/h3-6H2,1-2H3;1-2H3. The summed E-state index contributed by atoms with van der Waals surface area (Å²) in [6.07, 6.45) is 1.07. The van der Waals surface area contributed by atoms with E-state index in [1.807, 2.05) is 13.8 Å². The summed E-state index contributed by atoms with van der Waals surface area (Å²) >= 11 is 1.64. The Kier molecular flexibility index (Phi) is 15.8. The number of rotatable bonds is 3. The van der Waals surface area contributed by atoms with Gasteiger partial charge in [0.1, 0.15) is 0 Å².